The highest BCUT2D eigenvalue weighted by Crippen LogP contribution is 2.26. The summed E-state index contributed by atoms with van der Waals surface area (Å²) in [4.78, 5) is 26.4. The van der Waals surface area contributed by atoms with Gasteiger partial charge in [0.1, 0.15) is 0 Å². The van der Waals surface area contributed by atoms with E-state index in [4.69, 9.17) is 23.2 Å². The SMILES string of the molecule is O=C(CCc1ccccc1)NC1CCN(C(=O)C=Cc2cccc(Cl)c2Cl)CC1. The van der Waals surface area contributed by atoms with Crippen molar-refractivity contribution in [2.75, 3.05) is 13.1 Å². The van der Waals surface area contributed by atoms with Crippen LogP contribution in [0.2, 0.25) is 10.0 Å². The standard InChI is InChI=1S/C23H24Cl2N2O2/c24-20-8-4-7-18(23(20)25)10-12-22(29)27-15-13-19(14-16-27)26-21(28)11-9-17-5-2-1-3-6-17/h1-8,10,12,19H,9,11,13-16H2,(H,26,28). The molecule has 152 valence electrons. The van der Waals surface area contributed by atoms with E-state index in [1.54, 1.807) is 23.1 Å². The molecule has 0 saturated carbocycles. The Bertz CT molecular complexity index is 876. The van der Waals surface area contributed by atoms with Crippen molar-refractivity contribution in [1.82, 2.24) is 10.2 Å². The van der Waals surface area contributed by atoms with Gasteiger partial charge in [-0.2, -0.15) is 0 Å². The summed E-state index contributed by atoms with van der Waals surface area (Å²) in [6.07, 6.45) is 5.95. The molecule has 2 aromatic carbocycles. The second-order valence-corrected chi connectivity index (χ2v) is 7.91. The number of benzene rings is 2. The second kappa shape index (κ2) is 10.5. The molecule has 29 heavy (non-hydrogen) atoms. The third-order valence-corrected chi connectivity index (χ3v) is 5.88. The van der Waals surface area contributed by atoms with Gasteiger partial charge in [0.2, 0.25) is 11.8 Å². The number of hydrogen-bond donors (Lipinski definition) is 1. The van der Waals surface area contributed by atoms with E-state index in [-0.39, 0.29) is 17.9 Å². The van der Waals surface area contributed by atoms with Crippen molar-refractivity contribution in [3.63, 3.8) is 0 Å². The largest absolute Gasteiger partial charge is 0.353 e. The van der Waals surface area contributed by atoms with Gasteiger partial charge in [-0.15, -0.1) is 0 Å². The maximum atomic E-state index is 12.4. The first-order valence-electron chi connectivity index (χ1n) is 9.77. The highest BCUT2D eigenvalue weighted by atomic mass is 35.5. The van der Waals surface area contributed by atoms with Gasteiger partial charge in [0, 0.05) is 31.6 Å². The van der Waals surface area contributed by atoms with Crippen LogP contribution in [0.3, 0.4) is 0 Å². The lowest BCUT2D eigenvalue weighted by Crippen LogP contribution is -2.46. The minimum atomic E-state index is -0.0603. The van der Waals surface area contributed by atoms with Gasteiger partial charge in [-0.05, 0) is 42.5 Å². The molecule has 1 heterocycles. The number of rotatable bonds is 6. The van der Waals surface area contributed by atoms with Crippen LogP contribution in [0.5, 0.6) is 0 Å². The van der Waals surface area contributed by atoms with Crippen LogP contribution in [0.25, 0.3) is 6.08 Å². The molecule has 3 rings (SSSR count). The first-order valence-corrected chi connectivity index (χ1v) is 10.5. The van der Waals surface area contributed by atoms with Crippen LogP contribution in [0.15, 0.2) is 54.6 Å². The summed E-state index contributed by atoms with van der Waals surface area (Å²) in [7, 11) is 0. The second-order valence-electron chi connectivity index (χ2n) is 7.13. The summed E-state index contributed by atoms with van der Waals surface area (Å²) in [5, 5.41) is 4.00. The van der Waals surface area contributed by atoms with Crippen molar-refractivity contribution in [1.29, 1.82) is 0 Å². The number of aryl methyl sites for hydroxylation is 1. The first-order chi connectivity index (χ1) is 14.0. The van der Waals surface area contributed by atoms with Gasteiger partial charge in [0.05, 0.1) is 10.0 Å². The summed E-state index contributed by atoms with van der Waals surface area (Å²) in [6.45, 7) is 1.24. The number of hydrogen-bond acceptors (Lipinski definition) is 2. The van der Waals surface area contributed by atoms with Gasteiger partial charge in [0.25, 0.3) is 0 Å². The molecular weight excluding hydrogens is 407 g/mol. The first kappa shape index (κ1) is 21.4. The lowest BCUT2D eigenvalue weighted by molar-refractivity contribution is -0.127. The molecular formula is C23H24Cl2N2O2. The number of carbonyl (C=O) groups is 2. The summed E-state index contributed by atoms with van der Waals surface area (Å²) in [5.41, 5.74) is 1.88. The van der Waals surface area contributed by atoms with E-state index in [0.29, 0.717) is 35.1 Å². The number of halogens is 2. The monoisotopic (exact) mass is 430 g/mol. The molecule has 2 amide bonds. The zero-order valence-electron chi connectivity index (χ0n) is 16.1. The average molecular weight is 431 g/mol. The average Bonchev–Trinajstić information content (AvgIpc) is 2.74. The number of likely N-dealkylation sites (tertiary alicyclic amines) is 1. The Morgan fingerprint density at radius 2 is 1.76 bits per heavy atom. The van der Waals surface area contributed by atoms with Crippen molar-refractivity contribution in [3.8, 4) is 0 Å². The number of nitrogens with one attached hydrogen (secondary N) is 1. The zero-order valence-corrected chi connectivity index (χ0v) is 17.6. The summed E-state index contributed by atoms with van der Waals surface area (Å²) >= 11 is 12.1. The molecule has 0 bridgehead atoms. The molecule has 1 aliphatic heterocycles. The molecule has 0 spiro atoms. The number of nitrogens with zero attached hydrogens (tertiary/aromatic N) is 1. The van der Waals surface area contributed by atoms with Gasteiger partial charge in [-0.3, -0.25) is 9.59 Å². The van der Waals surface area contributed by atoms with E-state index < -0.39 is 0 Å². The minimum Gasteiger partial charge on any atom is -0.353 e. The van der Waals surface area contributed by atoms with E-state index >= 15 is 0 Å². The summed E-state index contributed by atoms with van der Waals surface area (Å²) in [6, 6.07) is 15.4. The summed E-state index contributed by atoms with van der Waals surface area (Å²) < 4.78 is 0. The molecule has 1 N–H and O–H groups in total. The van der Waals surface area contributed by atoms with Crippen molar-refractivity contribution in [2.24, 2.45) is 0 Å². The quantitative estimate of drug-likeness (QED) is 0.672. The molecule has 0 radical (unpaired) electrons. The highest BCUT2D eigenvalue weighted by molar-refractivity contribution is 6.42. The Morgan fingerprint density at radius 1 is 1.03 bits per heavy atom. The Morgan fingerprint density at radius 3 is 2.48 bits per heavy atom. The Balaban J connectivity index is 1.42. The maximum Gasteiger partial charge on any atom is 0.246 e. The molecule has 0 aliphatic carbocycles. The Labute approximate surface area is 181 Å². The van der Waals surface area contributed by atoms with E-state index in [2.05, 4.69) is 5.32 Å². The third kappa shape index (κ3) is 6.34. The van der Waals surface area contributed by atoms with E-state index in [1.807, 2.05) is 36.4 Å². The van der Waals surface area contributed by atoms with Crippen LogP contribution in [0, 0.1) is 0 Å². The number of amides is 2. The fourth-order valence-corrected chi connectivity index (χ4v) is 3.73. The Hall–Kier alpha value is -2.30. The van der Waals surface area contributed by atoms with Gasteiger partial charge in [0.15, 0.2) is 0 Å². The van der Waals surface area contributed by atoms with Gasteiger partial charge in [-0.1, -0.05) is 65.7 Å². The van der Waals surface area contributed by atoms with Gasteiger partial charge < -0.3 is 10.2 Å². The zero-order chi connectivity index (χ0) is 20.6. The van der Waals surface area contributed by atoms with Crippen LogP contribution in [0.1, 0.15) is 30.4 Å². The van der Waals surface area contributed by atoms with Crippen LogP contribution in [0.4, 0.5) is 0 Å². The lowest BCUT2D eigenvalue weighted by atomic mass is 10.0. The van der Waals surface area contributed by atoms with Gasteiger partial charge in [-0.25, -0.2) is 0 Å². The molecule has 0 aromatic heterocycles. The predicted molar refractivity (Wildman–Crippen MR) is 118 cm³/mol. The minimum absolute atomic E-state index is 0.0603. The van der Waals surface area contributed by atoms with E-state index in [9.17, 15) is 9.59 Å². The number of carbonyl (C=O) groups excluding carboxylic acids is 2. The van der Waals surface area contributed by atoms with Crippen molar-refractivity contribution < 1.29 is 9.59 Å². The topological polar surface area (TPSA) is 49.4 Å². The fourth-order valence-electron chi connectivity index (χ4n) is 3.36. The van der Waals surface area contributed by atoms with E-state index in [0.717, 1.165) is 24.8 Å². The van der Waals surface area contributed by atoms with Crippen LogP contribution in [-0.2, 0) is 16.0 Å². The van der Waals surface area contributed by atoms with E-state index in [1.165, 1.54) is 6.08 Å². The molecule has 6 heteroatoms. The molecule has 1 fully saturated rings. The molecule has 0 unspecified atom stereocenters. The van der Waals surface area contributed by atoms with Crippen molar-refractivity contribution >= 4 is 41.1 Å². The molecule has 4 nitrogen and oxygen atoms in total. The van der Waals surface area contributed by atoms with Crippen molar-refractivity contribution in [2.45, 2.75) is 31.7 Å². The third-order valence-electron chi connectivity index (χ3n) is 5.04. The smallest absolute Gasteiger partial charge is 0.246 e. The van der Waals surface area contributed by atoms with Crippen LogP contribution >= 0.6 is 23.2 Å². The highest BCUT2D eigenvalue weighted by Gasteiger charge is 2.22. The predicted octanol–water partition coefficient (Wildman–Crippen LogP) is 4.75. The molecule has 1 aliphatic rings. The van der Waals surface area contributed by atoms with Gasteiger partial charge >= 0.3 is 0 Å². The normalized spacial score (nSPS) is 14.9. The molecule has 1 saturated heterocycles. The summed E-state index contributed by atoms with van der Waals surface area (Å²) in [5.74, 6) is 0.00372. The molecule has 0 atom stereocenters. The van der Waals surface area contributed by atoms with Crippen LogP contribution < -0.4 is 5.32 Å². The number of piperidine rings is 1. The Kier molecular flexibility index (Phi) is 7.73. The fraction of sp³-hybridized carbons (Fsp3) is 0.304. The lowest BCUT2D eigenvalue weighted by Gasteiger charge is -2.31. The van der Waals surface area contributed by atoms with Crippen molar-refractivity contribution in [3.05, 3.63) is 75.8 Å². The van der Waals surface area contributed by atoms with Crippen LogP contribution in [-0.4, -0.2) is 35.8 Å². The molecule has 2 aromatic rings. The maximum absolute atomic E-state index is 12.4.